The standard InChI is InChI=1S/C22H19N9O4S/c1-12-18(31(30-26-12)20-19(23)28-35-29-20)21(32)27-24-10-13-7-8-16(33-2)14(9-13)11-36-22-25-15-5-3-4-6-17(15)34-22/h3-10H,11H2,1-2H3,(H2,23,28)(H,27,32). The summed E-state index contributed by atoms with van der Waals surface area (Å²) >= 11 is 1.45. The van der Waals surface area contributed by atoms with Crippen LogP contribution in [-0.4, -0.2) is 49.5 Å². The van der Waals surface area contributed by atoms with Crippen LogP contribution in [0.25, 0.3) is 16.9 Å². The summed E-state index contributed by atoms with van der Waals surface area (Å²) in [4.78, 5) is 17.2. The van der Waals surface area contributed by atoms with Crippen molar-refractivity contribution >= 4 is 40.8 Å². The van der Waals surface area contributed by atoms with Gasteiger partial charge in [-0.3, -0.25) is 4.79 Å². The zero-order valence-corrected chi connectivity index (χ0v) is 19.9. The summed E-state index contributed by atoms with van der Waals surface area (Å²) in [5.41, 5.74) is 11.8. The van der Waals surface area contributed by atoms with E-state index in [1.54, 1.807) is 14.0 Å². The van der Waals surface area contributed by atoms with Crippen molar-refractivity contribution in [2.75, 3.05) is 12.8 Å². The molecule has 0 saturated heterocycles. The van der Waals surface area contributed by atoms with Gasteiger partial charge in [0.25, 0.3) is 11.1 Å². The Labute approximate surface area is 207 Å². The number of nitrogens with one attached hydrogen (secondary N) is 1. The molecule has 1 amide bonds. The van der Waals surface area contributed by atoms with E-state index in [0.29, 0.717) is 22.4 Å². The zero-order valence-electron chi connectivity index (χ0n) is 19.1. The topological polar surface area (TPSA) is 172 Å². The van der Waals surface area contributed by atoms with Crippen LogP contribution in [0.4, 0.5) is 5.82 Å². The number of carbonyl (C=O) groups excluding carboxylic acids is 1. The maximum absolute atomic E-state index is 12.8. The molecule has 0 atom stereocenters. The van der Waals surface area contributed by atoms with E-state index < -0.39 is 5.91 Å². The quantitative estimate of drug-likeness (QED) is 0.180. The third-order valence-electron chi connectivity index (χ3n) is 5.06. The average molecular weight is 506 g/mol. The number of rotatable bonds is 8. The Morgan fingerprint density at radius 1 is 1.28 bits per heavy atom. The van der Waals surface area contributed by atoms with E-state index in [1.165, 1.54) is 18.0 Å². The molecule has 3 heterocycles. The number of para-hydroxylation sites is 2. The van der Waals surface area contributed by atoms with Crippen molar-refractivity contribution in [1.82, 2.24) is 35.7 Å². The highest BCUT2D eigenvalue weighted by Gasteiger charge is 2.22. The summed E-state index contributed by atoms with van der Waals surface area (Å²) in [6.45, 7) is 1.62. The van der Waals surface area contributed by atoms with Crippen molar-refractivity contribution in [1.29, 1.82) is 0 Å². The van der Waals surface area contributed by atoms with Crippen molar-refractivity contribution in [2.24, 2.45) is 5.10 Å². The van der Waals surface area contributed by atoms with Crippen LogP contribution in [0.3, 0.4) is 0 Å². The number of nitrogens with zero attached hydrogens (tertiary/aromatic N) is 7. The monoisotopic (exact) mass is 505 g/mol. The summed E-state index contributed by atoms with van der Waals surface area (Å²) in [6, 6.07) is 13.1. The molecule has 14 heteroatoms. The van der Waals surface area contributed by atoms with Crippen molar-refractivity contribution in [3.05, 3.63) is 65.0 Å². The van der Waals surface area contributed by atoms with Crippen molar-refractivity contribution in [3.63, 3.8) is 0 Å². The van der Waals surface area contributed by atoms with E-state index in [2.05, 4.69) is 40.8 Å². The predicted molar refractivity (Wildman–Crippen MR) is 130 cm³/mol. The number of ether oxygens (including phenoxy) is 1. The molecule has 0 spiro atoms. The van der Waals surface area contributed by atoms with E-state index in [4.69, 9.17) is 14.9 Å². The maximum Gasteiger partial charge on any atom is 0.292 e. The second-order valence-electron chi connectivity index (χ2n) is 7.41. The molecule has 36 heavy (non-hydrogen) atoms. The van der Waals surface area contributed by atoms with Crippen LogP contribution in [0, 0.1) is 6.92 Å². The largest absolute Gasteiger partial charge is 0.496 e. The summed E-state index contributed by atoms with van der Waals surface area (Å²) in [5, 5.41) is 19.5. The van der Waals surface area contributed by atoms with Gasteiger partial charge in [-0.15, -0.1) is 5.10 Å². The number of nitrogens with two attached hydrogens (primary N) is 1. The molecule has 3 aromatic heterocycles. The number of hydrazone groups is 1. The summed E-state index contributed by atoms with van der Waals surface area (Å²) in [7, 11) is 1.60. The van der Waals surface area contributed by atoms with Crippen molar-refractivity contribution < 1.29 is 18.6 Å². The first-order valence-electron chi connectivity index (χ1n) is 10.5. The molecule has 5 rings (SSSR count). The van der Waals surface area contributed by atoms with Crippen molar-refractivity contribution in [2.45, 2.75) is 17.9 Å². The number of oxazole rings is 1. The number of methoxy groups -OCH3 is 1. The fourth-order valence-corrected chi connectivity index (χ4v) is 4.18. The molecule has 0 unspecified atom stereocenters. The minimum absolute atomic E-state index is 0.0288. The van der Waals surface area contributed by atoms with Gasteiger partial charge < -0.3 is 14.9 Å². The number of aromatic nitrogens is 6. The lowest BCUT2D eigenvalue weighted by Crippen LogP contribution is -2.22. The predicted octanol–water partition coefficient (Wildman–Crippen LogP) is 2.75. The highest BCUT2D eigenvalue weighted by Crippen LogP contribution is 2.30. The number of amides is 1. The number of nitrogen functional groups attached to an aromatic ring is 1. The minimum Gasteiger partial charge on any atom is -0.496 e. The number of aryl methyl sites for hydroxylation is 1. The first kappa shape index (κ1) is 23.0. The molecular weight excluding hydrogens is 486 g/mol. The van der Waals surface area contributed by atoms with Gasteiger partial charge >= 0.3 is 0 Å². The Morgan fingerprint density at radius 3 is 2.92 bits per heavy atom. The lowest BCUT2D eigenvalue weighted by atomic mass is 10.1. The van der Waals surface area contributed by atoms with E-state index in [9.17, 15) is 4.79 Å². The molecule has 0 aliphatic heterocycles. The number of fused-ring (bicyclic) bond motifs is 1. The Morgan fingerprint density at radius 2 is 2.14 bits per heavy atom. The van der Waals surface area contributed by atoms with Crippen LogP contribution in [0.2, 0.25) is 0 Å². The van der Waals surface area contributed by atoms with Gasteiger partial charge in [-0.1, -0.05) is 29.1 Å². The van der Waals surface area contributed by atoms with Gasteiger partial charge in [0.15, 0.2) is 11.3 Å². The van der Waals surface area contributed by atoms with Crippen molar-refractivity contribution in [3.8, 4) is 11.6 Å². The molecule has 0 radical (unpaired) electrons. The highest BCUT2D eigenvalue weighted by molar-refractivity contribution is 7.98. The number of anilines is 1. The minimum atomic E-state index is -0.559. The molecule has 2 aromatic carbocycles. The molecule has 0 saturated carbocycles. The molecule has 3 N–H and O–H groups in total. The average Bonchev–Trinajstić information content (AvgIpc) is 3.60. The Balaban J connectivity index is 1.29. The molecule has 0 bridgehead atoms. The Bertz CT molecular complexity index is 1540. The van der Waals surface area contributed by atoms with Gasteiger partial charge in [0.1, 0.15) is 11.3 Å². The van der Waals surface area contributed by atoms with Gasteiger partial charge in [-0.25, -0.2) is 15.0 Å². The number of hydrogen-bond donors (Lipinski definition) is 2. The second-order valence-corrected chi connectivity index (χ2v) is 8.34. The van der Waals surface area contributed by atoms with Crippen LogP contribution in [0.1, 0.15) is 27.3 Å². The van der Waals surface area contributed by atoms with Gasteiger partial charge in [0.2, 0.25) is 11.6 Å². The van der Waals surface area contributed by atoms with E-state index in [0.717, 1.165) is 26.9 Å². The van der Waals surface area contributed by atoms with Gasteiger partial charge in [-0.05, 0) is 53.1 Å². The van der Waals surface area contributed by atoms with E-state index >= 15 is 0 Å². The summed E-state index contributed by atoms with van der Waals surface area (Å²) in [6.07, 6.45) is 1.51. The molecule has 0 aliphatic rings. The summed E-state index contributed by atoms with van der Waals surface area (Å²) < 4.78 is 17.0. The Kier molecular flexibility index (Phi) is 6.32. The zero-order chi connectivity index (χ0) is 25.1. The molecule has 182 valence electrons. The van der Waals surface area contributed by atoms with E-state index in [1.807, 2.05) is 42.5 Å². The fourth-order valence-electron chi connectivity index (χ4n) is 3.37. The number of benzene rings is 2. The Hall–Kier alpha value is -4.72. The molecule has 13 nitrogen and oxygen atoms in total. The van der Waals surface area contributed by atoms with Crippen LogP contribution in [0.5, 0.6) is 5.75 Å². The molecule has 5 aromatic rings. The third-order valence-corrected chi connectivity index (χ3v) is 5.94. The third kappa shape index (κ3) is 4.61. The maximum atomic E-state index is 12.8. The SMILES string of the molecule is COc1ccc(C=NNC(=O)c2c(C)nnn2-c2nonc2N)cc1CSc1nc2ccccc2o1. The molecule has 0 aliphatic carbocycles. The first-order valence-corrected chi connectivity index (χ1v) is 11.5. The van der Waals surface area contributed by atoms with Crippen LogP contribution < -0.4 is 15.9 Å². The molecule has 0 fully saturated rings. The number of carbonyl (C=O) groups is 1. The second kappa shape index (κ2) is 9.87. The van der Waals surface area contributed by atoms with Crippen LogP contribution in [-0.2, 0) is 5.75 Å². The van der Waals surface area contributed by atoms with Gasteiger partial charge in [0.05, 0.1) is 19.0 Å². The highest BCUT2D eigenvalue weighted by atomic mass is 32.2. The summed E-state index contributed by atoms with van der Waals surface area (Å²) in [5.74, 6) is 0.738. The van der Waals surface area contributed by atoms with Crippen LogP contribution in [0.15, 0.2) is 61.8 Å². The number of hydrogen-bond acceptors (Lipinski definition) is 12. The van der Waals surface area contributed by atoms with Gasteiger partial charge in [-0.2, -0.15) is 9.78 Å². The first-order chi connectivity index (χ1) is 17.5. The smallest absolute Gasteiger partial charge is 0.292 e. The van der Waals surface area contributed by atoms with Gasteiger partial charge in [0, 0.05) is 11.3 Å². The normalized spacial score (nSPS) is 11.4. The lowest BCUT2D eigenvalue weighted by molar-refractivity contribution is 0.0946. The van der Waals surface area contributed by atoms with Crippen LogP contribution >= 0.6 is 11.8 Å². The fraction of sp³-hybridized carbons (Fsp3) is 0.136. The number of thioether (sulfide) groups is 1. The molecular formula is C22H19N9O4S. The lowest BCUT2D eigenvalue weighted by Gasteiger charge is -2.08. The van der Waals surface area contributed by atoms with E-state index in [-0.39, 0.29) is 17.3 Å².